The number of imide groups is 1. The topological polar surface area (TPSA) is 58.6 Å². The summed E-state index contributed by atoms with van der Waals surface area (Å²) in [6, 6.07) is 12.1. The van der Waals surface area contributed by atoms with Crippen molar-refractivity contribution in [1.29, 1.82) is 0 Å². The first-order chi connectivity index (χ1) is 12.0. The lowest BCUT2D eigenvalue weighted by atomic mass is 10.1. The lowest BCUT2D eigenvalue weighted by molar-refractivity contribution is -0.121. The molecule has 0 bridgehead atoms. The molecular formula is C19H19ClN2O3. The van der Waals surface area contributed by atoms with Gasteiger partial charge in [-0.15, -0.1) is 0 Å². The lowest BCUT2D eigenvalue weighted by Crippen LogP contribution is -2.34. The number of carbonyl (C=O) groups excluding carboxylic acids is 2. The van der Waals surface area contributed by atoms with Crippen LogP contribution in [0.25, 0.3) is 0 Å². The van der Waals surface area contributed by atoms with Crippen LogP contribution in [0.3, 0.4) is 0 Å². The fourth-order valence-corrected chi connectivity index (χ4v) is 3.10. The van der Waals surface area contributed by atoms with Gasteiger partial charge in [0.15, 0.2) is 0 Å². The van der Waals surface area contributed by atoms with Gasteiger partial charge in [-0.25, -0.2) is 4.90 Å². The maximum Gasteiger partial charge on any atom is 0.256 e. The first-order valence-electron chi connectivity index (χ1n) is 8.09. The Balaban J connectivity index is 1.78. The standard InChI is InChI=1S/C19H19ClN2O3/c1-3-12-4-6-13(7-5-12)21-16-11-18(23)22(19(16)24)14-8-9-17(25-2)15(20)10-14/h4-10,16,21H,3,11H2,1-2H3/t16-/m0/s1. The third kappa shape index (κ3) is 3.46. The number of halogens is 1. The van der Waals surface area contributed by atoms with E-state index in [-0.39, 0.29) is 18.2 Å². The maximum absolute atomic E-state index is 12.7. The highest BCUT2D eigenvalue weighted by Gasteiger charge is 2.39. The molecule has 2 aromatic carbocycles. The van der Waals surface area contributed by atoms with E-state index < -0.39 is 6.04 Å². The molecule has 1 fully saturated rings. The zero-order valence-corrected chi connectivity index (χ0v) is 14.8. The molecule has 0 unspecified atom stereocenters. The van der Waals surface area contributed by atoms with E-state index in [2.05, 4.69) is 12.2 Å². The van der Waals surface area contributed by atoms with Gasteiger partial charge in [0.2, 0.25) is 5.91 Å². The number of benzene rings is 2. The van der Waals surface area contributed by atoms with Crippen molar-refractivity contribution in [3.8, 4) is 5.75 Å². The van der Waals surface area contributed by atoms with Crippen LogP contribution in [0, 0.1) is 0 Å². The van der Waals surface area contributed by atoms with Crippen molar-refractivity contribution in [3.63, 3.8) is 0 Å². The van der Waals surface area contributed by atoms with E-state index >= 15 is 0 Å². The molecule has 1 atom stereocenters. The Hall–Kier alpha value is -2.53. The van der Waals surface area contributed by atoms with Gasteiger partial charge in [-0.2, -0.15) is 0 Å². The number of hydrogen-bond donors (Lipinski definition) is 1. The van der Waals surface area contributed by atoms with Crippen molar-refractivity contribution in [3.05, 3.63) is 53.1 Å². The summed E-state index contributed by atoms with van der Waals surface area (Å²) >= 11 is 6.11. The molecule has 1 aliphatic rings. The van der Waals surface area contributed by atoms with E-state index in [0.717, 1.165) is 12.1 Å². The molecule has 0 radical (unpaired) electrons. The van der Waals surface area contributed by atoms with Gasteiger partial charge in [0.1, 0.15) is 11.8 Å². The molecule has 6 heteroatoms. The van der Waals surface area contributed by atoms with Crippen LogP contribution in [0.5, 0.6) is 5.75 Å². The van der Waals surface area contributed by atoms with Gasteiger partial charge in [-0.05, 0) is 42.3 Å². The Morgan fingerprint density at radius 2 is 1.92 bits per heavy atom. The molecule has 0 aliphatic carbocycles. The van der Waals surface area contributed by atoms with Crippen LogP contribution in [0.2, 0.25) is 5.02 Å². The molecule has 1 aliphatic heterocycles. The monoisotopic (exact) mass is 358 g/mol. The van der Waals surface area contributed by atoms with Crippen LogP contribution in [0.15, 0.2) is 42.5 Å². The zero-order valence-electron chi connectivity index (χ0n) is 14.1. The largest absolute Gasteiger partial charge is 0.495 e. The number of methoxy groups -OCH3 is 1. The Labute approximate surface area is 151 Å². The third-order valence-corrected chi connectivity index (χ3v) is 4.54. The number of anilines is 2. The van der Waals surface area contributed by atoms with Crippen molar-refractivity contribution >= 4 is 34.8 Å². The second kappa shape index (κ2) is 7.15. The number of rotatable bonds is 5. The summed E-state index contributed by atoms with van der Waals surface area (Å²) in [5.74, 6) is -0.0464. The predicted octanol–water partition coefficient (Wildman–Crippen LogP) is 3.66. The number of nitrogens with one attached hydrogen (secondary N) is 1. The predicted molar refractivity (Wildman–Crippen MR) is 98.3 cm³/mol. The van der Waals surface area contributed by atoms with Crippen LogP contribution in [-0.2, 0) is 16.0 Å². The number of ether oxygens (including phenoxy) is 1. The van der Waals surface area contributed by atoms with E-state index in [1.54, 1.807) is 18.2 Å². The van der Waals surface area contributed by atoms with Crippen LogP contribution < -0.4 is 15.0 Å². The summed E-state index contributed by atoms with van der Waals surface area (Å²) in [4.78, 5) is 26.2. The Bertz CT molecular complexity index is 805. The fraction of sp³-hybridized carbons (Fsp3) is 0.263. The minimum atomic E-state index is -0.583. The first kappa shape index (κ1) is 17.3. The average molecular weight is 359 g/mol. The summed E-state index contributed by atoms with van der Waals surface area (Å²) in [6.45, 7) is 2.08. The minimum Gasteiger partial charge on any atom is -0.495 e. The van der Waals surface area contributed by atoms with E-state index in [9.17, 15) is 9.59 Å². The molecule has 25 heavy (non-hydrogen) atoms. The highest BCUT2D eigenvalue weighted by molar-refractivity contribution is 6.33. The molecule has 2 amide bonds. The van der Waals surface area contributed by atoms with Crippen molar-refractivity contribution < 1.29 is 14.3 Å². The van der Waals surface area contributed by atoms with E-state index in [1.807, 2.05) is 24.3 Å². The van der Waals surface area contributed by atoms with Gasteiger partial charge in [0.25, 0.3) is 5.91 Å². The quantitative estimate of drug-likeness (QED) is 0.829. The highest BCUT2D eigenvalue weighted by Crippen LogP contribution is 2.32. The van der Waals surface area contributed by atoms with Gasteiger partial charge >= 0.3 is 0 Å². The Morgan fingerprint density at radius 1 is 1.20 bits per heavy atom. The first-order valence-corrected chi connectivity index (χ1v) is 8.47. The van der Waals surface area contributed by atoms with E-state index in [4.69, 9.17) is 16.3 Å². The highest BCUT2D eigenvalue weighted by atomic mass is 35.5. The summed E-state index contributed by atoms with van der Waals surface area (Å²) in [5, 5.41) is 3.49. The van der Waals surface area contributed by atoms with Gasteiger partial charge in [-0.1, -0.05) is 30.7 Å². The third-order valence-electron chi connectivity index (χ3n) is 4.24. The van der Waals surface area contributed by atoms with E-state index in [1.165, 1.54) is 17.6 Å². The molecule has 1 heterocycles. The fourth-order valence-electron chi connectivity index (χ4n) is 2.85. The van der Waals surface area contributed by atoms with Gasteiger partial charge in [-0.3, -0.25) is 9.59 Å². The van der Waals surface area contributed by atoms with Crippen molar-refractivity contribution in [1.82, 2.24) is 0 Å². The molecule has 5 nitrogen and oxygen atoms in total. The maximum atomic E-state index is 12.7. The summed E-state index contributed by atoms with van der Waals surface area (Å²) < 4.78 is 5.10. The second-order valence-corrected chi connectivity index (χ2v) is 6.24. The van der Waals surface area contributed by atoms with Crippen LogP contribution >= 0.6 is 11.6 Å². The van der Waals surface area contributed by atoms with Gasteiger partial charge in [0, 0.05) is 5.69 Å². The molecular weight excluding hydrogens is 340 g/mol. The number of hydrogen-bond acceptors (Lipinski definition) is 4. The molecule has 1 N–H and O–H groups in total. The van der Waals surface area contributed by atoms with Gasteiger partial charge < -0.3 is 10.1 Å². The Morgan fingerprint density at radius 3 is 2.52 bits per heavy atom. The number of amides is 2. The minimum absolute atomic E-state index is 0.109. The number of carbonyl (C=O) groups is 2. The molecule has 1 saturated heterocycles. The molecule has 2 aromatic rings. The average Bonchev–Trinajstić information content (AvgIpc) is 2.89. The molecule has 3 rings (SSSR count). The lowest BCUT2D eigenvalue weighted by Gasteiger charge is -2.17. The summed E-state index contributed by atoms with van der Waals surface area (Å²) in [5.41, 5.74) is 2.48. The number of aryl methyl sites for hydroxylation is 1. The van der Waals surface area contributed by atoms with Crippen LogP contribution in [0.4, 0.5) is 11.4 Å². The van der Waals surface area contributed by atoms with Crippen molar-refractivity contribution in [2.45, 2.75) is 25.8 Å². The van der Waals surface area contributed by atoms with Gasteiger partial charge in [0.05, 0.1) is 24.2 Å². The smallest absolute Gasteiger partial charge is 0.256 e. The molecule has 0 aromatic heterocycles. The molecule has 0 spiro atoms. The van der Waals surface area contributed by atoms with Crippen molar-refractivity contribution in [2.24, 2.45) is 0 Å². The Kier molecular flexibility index (Phi) is 4.95. The zero-order chi connectivity index (χ0) is 18.0. The normalized spacial score (nSPS) is 17.1. The van der Waals surface area contributed by atoms with Crippen LogP contribution in [0.1, 0.15) is 18.9 Å². The number of nitrogens with zero attached hydrogens (tertiary/aromatic N) is 1. The second-order valence-electron chi connectivity index (χ2n) is 5.84. The summed E-state index contributed by atoms with van der Waals surface area (Å²) in [6.07, 6.45) is 1.06. The summed E-state index contributed by atoms with van der Waals surface area (Å²) in [7, 11) is 1.51. The van der Waals surface area contributed by atoms with Crippen LogP contribution in [-0.4, -0.2) is 25.0 Å². The SMILES string of the molecule is CCc1ccc(N[C@H]2CC(=O)N(c3ccc(OC)c(Cl)c3)C2=O)cc1. The van der Waals surface area contributed by atoms with E-state index in [0.29, 0.717) is 16.5 Å². The molecule has 0 saturated carbocycles. The van der Waals surface area contributed by atoms with Crippen molar-refractivity contribution in [2.75, 3.05) is 17.3 Å². The molecule has 130 valence electrons.